The van der Waals surface area contributed by atoms with E-state index in [1.807, 2.05) is 6.92 Å². The van der Waals surface area contributed by atoms with E-state index < -0.39 is 12.0 Å². The molecule has 20 heavy (non-hydrogen) atoms. The predicted octanol–water partition coefficient (Wildman–Crippen LogP) is 2.41. The standard InChI is InChI=1S/C14H20N2O4/c1-4-20-12-7-5-6-11(8-12)15-14(19)16(10(2)3)9-13(17)18/h5-8,10H,4,9H2,1-3H3,(H,15,19)(H,17,18). The van der Waals surface area contributed by atoms with Gasteiger partial charge in [-0.05, 0) is 32.9 Å². The largest absolute Gasteiger partial charge is 0.494 e. The molecule has 0 aliphatic carbocycles. The summed E-state index contributed by atoms with van der Waals surface area (Å²) >= 11 is 0. The van der Waals surface area contributed by atoms with Crippen molar-refractivity contribution in [1.29, 1.82) is 0 Å². The van der Waals surface area contributed by atoms with Crippen LogP contribution in [0.2, 0.25) is 0 Å². The van der Waals surface area contributed by atoms with Crippen molar-refractivity contribution in [3.63, 3.8) is 0 Å². The number of anilines is 1. The van der Waals surface area contributed by atoms with Crippen molar-refractivity contribution in [2.24, 2.45) is 0 Å². The second-order valence-corrected chi connectivity index (χ2v) is 4.51. The molecule has 2 amide bonds. The van der Waals surface area contributed by atoms with Gasteiger partial charge in [-0.15, -0.1) is 0 Å². The number of nitrogens with one attached hydrogen (secondary N) is 1. The Morgan fingerprint density at radius 2 is 2.10 bits per heavy atom. The lowest BCUT2D eigenvalue weighted by Gasteiger charge is -2.25. The van der Waals surface area contributed by atoms with Crippen LogP contribution < -0.4 is 10.1 Å². The van der Waals surface area contributed by atoms with Gasteiger partial charge in [0.15, 0.2) is 0 Å². The second-order valence-electron chi connectivity index (χ2n) is 4.51. The first kappa shape index (κ1) is 15.8. The van der Waals surface area contributed by atoms with Crippen LogP contribution in [0, 0.1) is 0 Å². The van der Waals surface area contributed by atoms with Crippen molar-refractivity contribution in [3.05, 3.63) is 24.3 Å². The molecule has 0 aromatic heterocycles. The fraction of sp³-hybridized carbons (Fsp3) is 0.429. The molecule has 0 heterocycles. The number of amides is 2. The fourth-order valence-corrected chi connectivity index (χ4v) is 1.66. The molecule has 0 aliphatic rings. The van der Waals surface area contributed by atoms with Gasteiger partial charge in [-0.1, -0.05) is 6.07 Å². The number of carbonyl (C=O) groups is 2. The van der Waals surface area contributed by atoms with Gasteiger partial charge in [0, 0.05) is 17.8 Å². The summed E-state index contributed by atoms with van der Waals surface area (Å²) in [6, 6.07) is 6.31. The fourth-order valence-electron chi connectivity index (χ4n) is 1.66. The first-order valence-electron chi connectivity index (χ1n) is 6.46. The summed E-state index contributed by atoms with van der Waals surface area (Å²) in [6.45, 7) is 5.60. The molecule has 1 aromatic carbocycles. The molecule has 0 atom stereocenters. The minimum absolute atomic E-state index is 0.207. The van der Waals surface area contributed by atoms with Crippen LogP contribution in [0.3, 0.4) is 0 Å². The third-order valence-electron chi connectivity index (χ3n) is 2.59. The zero-order chi connectivity index (χ0) is 15.1. The summed E-state index contributed by atoms with van der Waals surface area (Å²) in [5.74, 6) is -0.392. The number of ether oxygens (including phenoxy) is 1. The van der Waals surface area contributed by atoms with Gasteiger partial charge < -0.3 is 20.1 Å². The monoisotopic (exact) mass is 280 g/mol. The van der Waals surface area contributed by atoms with Crippen molar-refractivity contribution in [2.75, 3.05) is 18.5 Å². The van der Waals surface area contributed by atoms with E-state index in [1.54, 1.807) is 38.1 Å². The topological polar surface area (TPSA) is 78.9 Å². The molecule has 1 rings (SSSR count). The number of hydrogen-bond acceptors (Lipinski definition) is 3. The number of benzene rings is 1. The molecule has 110 valence electrons. The molecule has 2 N–H and O–H groups in total. The maximum atomic E-state index is 12.1. The molecular weight excluding hydrogens is 260 g/mol. The molecular formula is C14H20N2O4. The predicted molar refractivity (Wildman–Crippen MR) is 76.1 cm³/mol. The summed E-state index contributed by atoms with van der Waals surface area (Å²) in [7, 11) is 0. The second kappa shape index (κ2) is 7.37. The average Bonchev–Trinajstić information content (AvgIpc) is 2.36. The van der Waals surface area contributed by atoms with E-state index in [2.05, 4.69) is 5.32 Å². The lowest BCUT2D eigenvalue weighted by molar-refractivity contribution is -0.137. The lowest BCUT2D eigenvalue weighted by atomic mass is 10.3. The first-order chi connectivity index (χ1) is 9.43. The van der Waals surface area contributed by atoms with E-state index in [9.17, 15) is 9.59 Å². The molecule has 0 bridgehead atoms. The third-order valence-corrected chi connectivity index (χ3v) is 2.59. The zero-order valence-electron chi connectivity index (χ0n) is 11.9. The molecule has 0 fully saturated rings. The average molecular weight is 280 g/mol. The number of carboxylic acid groups (broad SMARTS) is 1. The van der Waals surface area contributed by atoms with Crippen molar-refractivity contribution in [2.45, 2.75) is 26.8 Å². The Morgan fingerprint density at radius 3 is 2.65 bits per heavy atom. The number of hydrogen-bond donors (Lipinski definition) is 2. The third kappa shape index (κ3) is 4.79. The van der Waals surface area contributed by atoms with Gasteiger partial charge in [-0.25, -0.2) is 4.79 Å². The Morgan fingerprint density at radius 1 is 1.40 bits per heavy atom. The number of urea groups is 1. The van der Waals surface area contributed by atoms with E-state index in [0.29, 0.717) is 18.0 Å². The number of carbonyl (C=O) groups excluding carboxylic acids is 1. The number of carboxylic acids is 1. The molecule has 0 unspecified atom stereocenters. The summed E-state index contributed by atoms with van der Waals surface area (Å²) in [4.78, 5) is 24.1. The smallest absolute Gasteiger partial charge is 0.323 e. The van der Waals surface area contributed by atoms with Gasteiger partial charge in [-0.3, -0.25) is 4.79 Å². The summed E-state index contributed by atoms with van der Waals surface area (Å²) in [5.41, 5.74) is 0.567. The van der Waals surface area contributed by atoms with E-state index in [4.69, 9.17) is 9.84 Å². The highest BCUT2D eigenvalue weighted by molar-refractivity contribution is 5.91. The van der Waals surface area contributed by atoms with Gasteiger partial charge in [0.2, 0.25) is 0 Å². The minimum atomic E-state index is -1.04. The van der Waals surface area contributed by atoms with Crippen LogP contribution in [0.1, 0.15) is 20.8 Å². The van der Waals surface area contributed by atoms with E-state index in [1.165, 1.54) is 4.90 Å². The van der Waals surface area contributed by atoms with Gasteiger partial charge in [0.1, 0.15) is 12.3 Å². The molecule has 0 spiro atoms. The van der Waals surface area contributed by atoms with Crippen LogP contribution >= 0.6 is 0 Å². The zero-order valence-corrected chi connectivity index (χ0v) is 11.9. The van der Waals surface area contributed by atoms with Crippen molar-refractivity contribution in [1.82, 2.24) is 4.90 Å². The summed E-state index contributed by atoms with van der Waals surface area (Å²) in [6.07, 6.45) is 0. The van der Waals surface area contributed by atoms with E-state index in [-0.39, 0.29) is 12.6 Å². The molecule has 6 nitrogen and oxygen atoms in total. The van der Waals surface area contributed by atoms with Crippen LogP contribution in [0.15, 0.2) is 24.3 Å². The normalized spacial score (nSPS) is 10.2. The highest BCUT2D eigenvalue weighted by Crippen LogP contribution is 2.18. The van der Waals surface area contributed by atoms with Crippen LogP contribution in [0.5, 0.6) is 5.75 Å². The number of aliphatic carboxylic acids is 1. The van der Waals surface area contributed by atoms with E-state index in [0.717, 1.165) is 0 Å². The van der Waals surface area contributed by atoms with Gasteiger partial charge >= 0.3 is 12.0 Å². The Balaban J connectivity index is 2.77. The lowest BCUT2D eigenvalue weighted by Crippen LogP contribution is -2.43. The highest BCUT2D eigenvalue weighted by atomic mass is 16.5. The molecule has 0 saturated carbocycles. The van der Waals surface area contributed by atoms with Crippen LogP contribution in [0.4, 0.5) is 10.5 Å². The van der Waals surface area contributed by atoms with E-state index >= 15 is 0 Å². The number of nitrogens with zero attached hydrogens (tertiary/aromatic N) is 1. The van der Waals surface area contributed by atoms with Crippen molar-refractivity contribution < 1.29 is 19.4 Å². The summed E-state index contributed by atoms with van der Waals surface area (Å²) in [5, 5.41) is 11.5. The van der Waals surface area contributed by atoms with Crippen molar-refractivity contribution >= 4 is 17.7 Å². The number of rotatable bonds is 6. The van der Waals surface area contributed by atoms with Gasteiger partial charge in [0.25, 0.3) is 0 Å². The first-order valence-corrected chi connectivity index (χ1v) is 6.46. The van der Waals surface area contributed by atoms with Crippen LogP contribution in [-0.2, 0) is 4.79 Å². The SMILES string of the molecule is CCOc1cccc(NC(=O)N(CC(=O)O)C(C)C)c1. The molecule has 0 aliphatic heterocycles. The highest BCUT2D eigenvalue weighted by Gasteiger charge is 2.19. The molecule has 6 heteroatoms. The Bertz CT molecular complexity index is 474. The van der Waals surface area contributed by atoms with Crippen molar-refractivity contribution in [3.8, 4) is 5.75 Å². The van der Waals surface area contributed by atoms with Crippen LogP contribution in [0.25, 0.3) is 0 Å². The minimum Gasteiger partial charge on any atom is -0.494 e. The van der Waals surface area contributed by atoms with Gasteiger partial charge in [-0.2, -0.15) is 0 Å². The molecule has 0 radical (unpaired) electrons. The maximum Gasteiger partial charge on any atom is 0.323 e. The Hall–Kier alpha value is -2.24. The van der Waals surface area contributed by atoms with Gasteiger partial charge in [0.05, 0.1) is 6.61 Å². The molecule has 0 saturated heterocycles. The van der Waals surface area contributed by atoms with Crippen LogP contribution in [-0.4, -0.2) is 41.2 Å². The Labute approximate surface area is 118 Å². The maximum absolute atomic E-state index is 12.1. The summed E-state index contributed by atoms with van der Waals surface area (Å²) < 4.78 is 5.34. The Kier molecular flexibility index (Phi) is 5.83. The molecule has 1 aromatic rings. The quantitative estimate of drug-likeness (QED) is 0.838.